The van der Waals surface area contributed by atoms with Crippen LogP contribution in [0.1, 0.15) is 22.9 Å². The van der Waals surface area contributed by atoms with E-state index in [9.17, 15) is 9.18 Å². The van der Waals surface area contributed by atoms with E-state index < -0.39 is 6.04 Å². The number of anilines is 1. The highest BCUT2D eigenvalue weighted by atomic mass is 19.1. The van der Waals surface area contributed by atoms with E-state index in [0.717, 1.165) is 11.3 Å². The number of nitrogens with zero attached hydrogens (tertiary/aromatic N) is 3. The van der Waals surface area contributed by atoms with Gasteiger partial charge in [-0.2, -0.15) is 0 Å². The molecule has 4 rings (SSSR count). The molecule has 0 saturated heterocycles. The minimum Gasteiger partial charge on any atom is -0.310 e. The lowest BCUT2D eigenvalue weighted by Crippen LogP contribution is -2.37. The number of rotatable bonds is 1. The van der Waals surface area contributed by atoms with Crippen molar-refractivity contribution in [3.8, 4) is 0 Å². The third-order valence-electron chi connectivity index (χ3n) is 4.10. The van der Waals surface area contributed by atoms with Crippen molar-refractivity contribution < 1.29 is 9.18 Å². The van der Waals surface area contributed by atoms with Gasteiger partial charge in [0.25, 0.3) is 0 Å². The van der Waals surface area contributed by atoms with Crippen molar-refractivity contribution in [2.45, 2.75) is 19.0 Å². The number of aromatic nitrogens is 2. The maximum Gasteiger partial charge on any atom is 0.248 e. The molecule has 106 valence electrons. The molecule has 3 heterocycles. The Morgan fingerprint density at radius 3 is 3.24 bits per heavy atom. The van der Waals surface area contributed by atoms with Gasteiger partial charge >= 0.3 is 0 Å². The molecule has 0 saturated carbocycles. The summed E-state index contributed by atoms with van der Waals surface area (Å²) >= 11 is 0. The largest absolute Gasteiger partial charge is 0.310 e. The maximum absolute atomic E-state index is 13.8. The van der Waals surface area contributed by atoms with Crippen LogP contribution in [0.3, 0.4) is 0 Å². The first kappa shape index (κ1) is 12.4. The normalized spacial score (nSPS) is 19.5. The standard InChI is InChI=1S/C15H13FN4O/c16-11-2-1-3-13-9(11)4-5-20(13)15(21)14-10-6-17-8-19-12(10)7-18-14/h1-3,6,8,14,18H,4-5,7H2. The van der Waals surface area contributed by atoms with Gasteiger partial charge in [0.2, 0.25) is 5.91 Å². The van der Waals surface area contributed by atoms with E-state index in [1.165, 1.54) is 12.4 Å². The molecule has 6 heteroatoms. The molecule has 0 radical (unpaired) electrons. The second-order valence-corrected chi connectivity index (χ2v) is 5.22. The third-order valence-corrected chi connectivity index (χ3v) is 4.10. The van der Waals surface area contributed by atoms with Crippen molar-refractivity contribution in [2.75, 3.05) is 11.4 Å². The van der Waals surface area contributed by atoms with Crippen LogP contribution in [0.2, 0.25) is 0 Å². The average Bonchev–Trinajstić information content (AvgIpc) is 3.11. The minimum atomic E-state index is -0.449. The summed E-state index contributed by atoms with van der Waals surface area (Å²) in [5.74, 6) is -0.321. The van der Waals surface area contributed by atoms with Gasteiger partial charge in [-0.25, -0.2) is 14.4 Å². The van der Waals surface area contributed by atoms with Crippen molar-refractivity contribution in [1.29, 1.82) is 0 Å². The molecular formula is C15H13FN4O. The molecule has 1 amide bonds. The molecule has 1 atom stereocenters. The van der Waals surface area contributed by atoms with Crippen LogP contribution in [-0.4, -0.2) is 22.4 Å². The molecule has 0 fully saturated rings. The van der Waals surface area contributed by atoms with Gasteiger partial charge in [0, 0.05) is 36.1 Å². The number of benzene rings is 1. The number of amides is 1. The first-order valence-electron chi connectivity index (χ1n) is 6.86. The minimum absolute atomic E-state index is 0.0760. The Balaban J connectivity index is 1.68. The van der Waals surface area contributed by atoms with Crippen LogP contribution in [0, 0.1) is 5.82 Å². The summed E-state index contributed by atoms with van der Waals surface area (Å²) in [6, 6.07) is 4.42. The van der Waals surface area contributed by atoms with Crippen LogP contribution >= 0.6 is 0 Å². The fourth-order valence-corrected chi connectivity index (χ4v) is 3.06. The third kappa shape index (κ3) is 1.83. The zero-order valence-corrected chi connectivity index (χ0v) is 11.2. The van der Waals surface area contributed by atoms with Crippen LogP contribution in [0.15, 0.2) is 30.7 Å². The average molecular weight is 284 g/mol. The van der Waals surface area contributed by atoms with Crippen molar-refractivity contribution in [3.05, 3.63) is 53.4 Å². The molecule has 2 aliphatic heterocycles. The summed E-state index contributed by atoms with van der Waals surface area (Å²) in [4.78, 5) is 22.6. The highest BCUT2D eigenvalue weighted by molar-refractivity contribution is 6.00. The van der Waals surface area contributed by atoms with Crippen molar-refractivity contribution in [3.63, 3.8) is 0 Å². The van der Waals surface area contributed by atoms with Crippen molar-refractivity contribution >= 4 is 11.6 Å². The van der Waals surface area contributed by atoms with Gasteiger partial charge in [-0.1, -0.05) is 6.07 Å². The first-order valence-corrected chi connectivity index (χ1v) is 6.86. The second-order valence-electron chi connectivity index (χ2n) is 5.22. The molecule has 0 aliphatic carbocycles. The van der Waals surface area contributed by atoms with Gasteiger partial charge in [-0.05, 0) is 18.6 Å². The zero-order valence-electron chi connectivity index (χ0n) is 11.2. The van der Waals surface area contributed by atoms with Crippen LogP contribution < -0.4 is 10.2 Å². The van der Waals surface area contributed by atoms with E-state index in [1.807, 2.05) is 0 Å². The van der Waals surface area contributed by atoms with Crippen molar-refractivity contribution in [2.24, 2.45) is 0 Å². The molecule has 0 bridgehead atoms. The Labute approximate surface area is 120 Å². The number of nitrogens with one attached hydrogen (secondary N) is 1. The predicted octanol–water partition coefficient (Wildman–Crippen LogP) is 1.35. The Morgan fingerprint density at radius 2 is 2.33 bits per heavy atom. The summed E-state index contributed by atoms with van der Waals surface area (Å²) in [7, 11) is 0. The van der Waals surface area contributed by atoms with Gasteiger partial charge in [0.05, 0.1) is 5.69 Å². The Morgan fingerprint density at radius 1 is 1.43 bits per heavy atom. The summed E-state index contributed by atoms with van der Waals surface area (Å²) in [5.41, 5.74) is 2.95. The Kier molecular flexibility index (Phi) is 2.71. The van der Waals surface area contributed by atoms with E-state index in [-0.39, 0.29) is 11.7 Å². The van der Waals surface area contributed by atoms with Gasteiger partial charge in [-0.3, -0.25) is 10.1 Å². The zero-order chi connectivity index (χ0) is 14.4. The fraction of sp³-hybridized carbons (Fsp3) is 0.267. The molecule has 21 heavy (non-hydrogen) atoms. The van der Waals surface area contributed by atoms with E-state index in [0.29, 0.717) is 30.8 Å². The van der Waals surface area contributed by atoms with Gasteiger partial charge in [0.15, 0.2) is 0 Å². The number of carbonyl (C=O) groups is 1. The molecule has 1 unspecified atom stereocenters. The number of fused-ring (bicyclic) bond motifs is 2. The molecule has 1 N–H and O–H groups in total. The van der Waals surface area contributed by atoms with Gasteiger partial charge in [0.1, 0.15) is 18.2 Å². The fourth-order valence-electron chi connectivity index (χ4n) is 3.06. The Bertz CT molecular complexity index is 733. The van der Waals surface area contributed by atoms with Gasteiger partial charge in [-0.15, -0.1) is 0 Å². The molecule has 0 spiro atoms. The molecule has 5 nitrogen and oxygen atoms in total. The summed E-state index contributed by atoms with van der Waals surface area (Å²) < 4.78 is 13.8. The van der Waals surface area contributed by atoms with E-state index in [2.05, 4.69) is 15.3 Å². The number of halogens is 1. The quantitative estimate of drug-likeness (QED) is 0.859. The van der Waals surface area contributed by atoms with E-state index >= 15 is 0 Å². The molecule has 2 aromatic rings. The lowest BCUT2D eigenvalue weighted by molar-refractivity contribution is -0.120. The number of carbonyl (C=O) groups excluding carboxylic acids is 1. The first-order chi connectivity index (χ1) is 10.3. The molecular weight excluding hydrogens is 271 g/mol. The SMILES string of the molecule is O=C(C1NCc2ncncc21)N1CCc2c(F)cccc21. The molecule has 1 aromatic carbocycles. The maximum atomic E-state index is 13.8. The van der Waals surface area contributed by atoms with Crippen LogP contribution in [-0.2, 0) is 17.8 Å². The Hall–Kier alpha value is -2.34. The predicted molar refractivity (Wildman–Crippen MR) is 74.1 cm³/mol. The van der Waals surface area contributed by atoms with Gasteiger partial charge < -0.3 is 4.90 Å². The topological polar surface area (TPSA) is 58.1 Å². The van der Waals surface area contributed by atoms with E-state index in [1.54, 1.807) is 23.2 Å². The smallest absolute Gasteiger partial charge is 0.248 e. The van der Waals surface area contributed by atoms with Crippen LogP contribution in [0.4, 0.5) is 10.1 Å². The highest BCUT2D eigenvalue weighted by Gasteiger charge is 2.36. The van der Waals surface area contributed by atoms with E-state index in [4.69, 9.17) is 0 Å². The van der Waals surface area contributed by atoms with Crippen molar-refractivity contribution in [1.82, 2.24) is 15.3 Å². The number of hydrogen-bond acceptors (Lipinski definition) is 4. The van der Waals surface area contributed by atoms with Crippen LogP contribution in [0.5, 0.6) is 0 Å². The summed E-state index contributed by atoms with van der Waals surface area (Å²) in [6.07, 6.45) is 3.71. The van der Waals surface area contributed by atoms with Crippen LogP contribution in [0.25, 0.3) is 0 Å². The summed E-state index contributed by atoms with van der Waals surface area (Å²) in [5, 5.41) is 3.16. The second kappa shape index (κ2) is 4.60. The monoisotopic (exact) mass is 284 g/mol. The lowest BCUT2D eigenvalue weighted by Gasteiger charge is -2.21. The number of hydrogen-bond donors (Lipinski definition) is 1. The lowest BCUT2D eigenvalue weighted by atomic mass is 10.1. The molecule has 2 aliphatic rings. The summed E-state index contributed by atoms with van der Waals surface area (Å²) in [6.45, 7) is 1.06. The molecule has 1 aromatic heterocycles. The highest BCUT2D eigenvalue weighted by Crippen LogP contribution is 2.33.